The molecule has 3 aromatic rings. The lowest BCUT2D eigenvalue weighted by Crippen LogP contribution is -2.36. The smallest absolute Gasteiger partial charge is 0.261 e. The first-order valence-electron chi connectivity index (χ1n) is 7.90. The van der Waals surface area contributed by atoms with Gasteiger partial charge >= 0.3 is 0 Å². The van der Waals surface area contributed by atoms with Gasteiger partial charge in [-0.3, -0.25) is 4.72 Å². The Morgan fingerprint density at radius 2 is 1.73 bits per heavy atom. The number of hydrogen-bond acceptors (Lipinski definition) is 3. The van der Waals surface area contributed by atoms with Gasteiger partial charge in [-0.1, -0.05) is 23.2 Å². The summed E-state index contributed by atoms with van der Waals surface area (Å²) >= 11 is 11.8. The number of sulfonamides is 1. The monoisotopic (exact) mass is 411 g/mol. The molecule has 0 radical (unpaired) electrons. The number of benzene rings is 2. The third-order valence-electron chi connectivity index (χ3n) is 3.75. The number of nitrogens with two attached hydrogens (primary N) is 1. The minimum absolute atomic E-state index is 0.0116. The Kier molecular flexibility index (Phi) is 4.96. The zero-order chi connectivity index (χ0) is 19.1. The maximum atomic E-state index is 12.6. The van der Waals surface area contributed by atoms with E-state index in [-0.39, 0.29) is 20.5 Å². The molecule has 0 aliphatic rings. The fraction of sp³-hybridized carbons (Fsp3) is 0.222. The van der Waals surface area contributed by atoms with Crippen LogP contribution in [-0.4, -0.2) is 18.5 Å². The van der Waals surface area contributed by atoms with E-state index in [0.29, 0.717) is 12.2 Å². The first kappa shape index (κ1) is 19.0. The number of hydrogen-bond donors (Lipinski definition) is 2. The van der Waals surface area contributed by atoms with Crippen molar-refractivity contribution < 1.29 is 8.42 Å². The maximum absolute atomic E-state index is 12.6. The van der Waals surface area contributed by atoms with Gasteiger partial charge in [-0.2, -0.15) is 0 Å². The summed E-state index contributed by atoms with van der Waals surface area (Å²) in [7, 11) is -3.79. The predicted molar refractivity (Wildman–Crippen MR) is 107 cm³/mol. The van der Waals surface area contributed by atoms with E-state index in [2.05, 4.69) is 4.72 Å². The van der Waals surface area contributed by atoms with Gasteiger partial charge in [0.05, 0.1) is 4.90 Å². The highest BCUT2D eigenvalue weighted by molar-refractivity contribution is 7.92. The third-order valence-corrected chi connectivity index (χ3v) is 5.54. The molecule has 2 aromatic carbocycles. The van der Waals surface area contributed by atoms with Gasteiger partial charge in [-0.25, -0.2) is 8.42 Å². The number of rotatable bonds is 5. The van der Waals surface area contributed by atoms with E-state index < -0.39 is 10.0 Å². The molecule has 0 bridgehead atoms. The first-order valence-corrected chi connectivity index (χ1v) is 10.1. The molecule has 1 heterocycles. The highest BCUT2D eigenvalue weighted by Gasteiger charge is 2.17. The molecule has 0 aliphatic heterocycles. The van der Waals surface area contributed by atoms with Crippen LogP contribution < -0.4 is 10.5 Å². The normalized spacial score (nSPS) is 12.5. The van der Waals surface area contributed by atoms with E-state index in [1.165, 1.54) is 18.2 Å². The second-order valence-corrected chi connectivity index (χ2v) is 9.47. The van der Waals surface area contributed by atoms with Crippen molar-refractivity contribution in [2.45, 2.75) is 30.8 Å². The topological polar surface area (TPSA) is 77.1 Å². The van der Waals surface area contributed by atoms with E-state index in [0.717, 1.165) is 10.9 Å². The number of aromatic nitrogens is 1. The second kappa shape index (κ2) is 6.78. The minimum atomic E-state index is -3.79. The van der Waals surface area contributed by atoms with E-state index in [1.807, 2.05) is 36.7 Å². The molecule has 8 heteroatoms. The molecule has 3 N–H and O–H groups in total. The molecule has 138 valence electrons. The molecule has 0 atom stereocenters. The molecular weight excluding hydrogens is 393 g/mol. The van der Waals surface area contributed by atoms with E-state index in [9.17, 15) is 8.42 Å². The van der Waals surface area contributed by atoms with Crippen LogP contribution in [-0.2, 0) is 16.6 Å². The van der Waals surface area contributed by atoms with Crippen LogP contribution in [0, 0.1) is 0 Å². The Balaban J connectivity index is 1.91. The van der Waals surface area contributed by atoms with Crippen molar-refractivity contribution in [3.8, 4) is 0 Å². The molecular formula is C18H19Cl2N3O2S. The second-order valence-electron chi connectivity index (χ2n) is 6.92. The summed E-state index contributed by atoms with van der Waals surface area (Å²) in [6, 6.07) is 11.5. The van der Waals surface area contributed by atoms with Crippen molar-refractivity contribution in [3.05, 3.63) is 58.7 Å². The summed E-state index contributed by atoms with van der Waals surface area (Å²) in [6.07, 6.45) is 1.94. The molecule has 0 fully saturated rings. The molecule has 0 saturated heterocycles. The van der Waals surface area contributed by atoms with Crippen molar-refractivity contribution in [2.24, 2.45) is 5.73 Å². The zero-order valence-corrected chi connectivity index (χ0v) is 16.7. The van der Waals surface area contributed by atoms with Crippen molar-refractivity contribution in [2.75, 3.05) is 4.72 Å². The molecule has 1 aromatic heterocycles. The van der Waals surface area contributed by atoms with Crippen LogP contribution in [0.2, 0.25) is 10.0 Å². The van der Waals surface area contributed by atoms with Crippen molar-refractivity contribution in [1.29, 1.82) is 0 Å². The van der Waals surface area contributed by atoms with Crippen molar-refractivity contribution >= 4 is 49.8 Å². The lowest BCUT2D eigenvalue weighted by atomic mass is 10.1. The third kappa shape index (κ3) is 4.32. The van der Waals surface area contributed by atoms with Gasteiger partial charge in [0, 0.05) is 44.9 Å². The number of halogens is 2. The molecule has 0 aliphatic carbocycles. The number of fused-ring (bicyclic) bond motifs is 1. The lowest BCUT2D eigenvalue weighted by molar-refractivity contribution is 0.441. The Hall–Kier alpha value is -1.73. The van der Waals surface area contributed by atoms with Crippen LogP contribution in [0.1, 0.15) is 13.8 Å². The van der Waals surface area contributed by atoms with E-state index in [1.54, 1.807) is 12.1 Å². The van der Waals surface area contributed by atoms with Gasteiger partial charge in [0.1, 0.15) is 0 Å². The summed E-state index contributed by atoms with van der Waals surface area (Å²) in [6.45, 7) is 4.57. The Bertz CT molecular complexity index is 1050. The summed E-state index contributed by atoms with van der Waals surface area (Å²) in [4.78, 5) is 0.0116. The van der Waals surface area contributed by atoms with Crippen LogP contribution in [0.15, 0.2) is 53.6 Å². The zero-order valence-electron chi connectivity index (χ0n) is 14.3. The van der Waals surface area contributed by atoms with Gasteiger partial charge < -0.3 is 10.3 Å². The van der Waals surface area contributed by atoms with Crippen LogP contribution in [0.25, 0.3) is 10.9 Å². The van der Waals surface area contributed by atoms with Crippen molar-refractivity contribution in [1.82, 2.24) is 4.57 Å². The molecule has 5 nitrogen and oxygen atoms in total. The fourth-order valence-electron chi connectivity index (χ4n) is 2.74. The largest absolute Gasteiger partial charge is 0.346 e. The average molecular weight is 412 g/mol. The van der Waals surface area contributed by atoms with Gasteiger partial charge in [-0.15, -0.1) is 0 Å². The number of nitrogens with zero attached hydrogens (tertiary/aromatic N) is 1. The van der Waals surface area contributed by atoms with E-state index >= 15 is 0 Å². The van der Waals surface area contributed by atoms with Gasteiger partial charge in [0.2, 0.25) is 0 Å². The molecule has 0 amide bonds. The predicted octanol–water partition coefficient (Wildman–Crippen LogP) is 4.49. The van der Waals surface area contributed by atoms with Gasteiger partial charge in [0.25, 0.3) is 10.0 Å². The highest BCUT2D eigenvalue weighted by Crippen LogP contribution is 2.26. The lowest BCUT2D eigenvalue weighted by Gasteiger charge is -2.20. The molecule has 0 spiro atoms. The number of nitrogens with one attached hydrogen (secondary N) is 1. The van der Waals surface area contributed by atoms with Gasteiger partial charge in [0.15, 0.2) is 0 Å². The number of anilines is 1. The minimum Gasteiger partial charge on any atom is -0.346 e. The standard InChI is InChI=1S/C18H19Cl2N3O2S/c1-18(2,21)11-23-6-5-12-7-15(3-4-17(12)23)22-26(24,25)16-9-13(19)8-14(20)10-16/h3-10,22H,11,21H2,1-2H3. The quantitative estimate of drug-likeness (QED) is 0.649. The van der Waals surface area contributed by atoms with Crippen LogP contribution in [0.3, 0.4) is 0 Å². The molecule has 26 heavy (non-hydrogen) atoms. The highest BCUT2D eigenvalue weighted by atomic mass is 35.5. The summed E-state index contributed by atoms with van der Waals surface area (Å²) in [5, 5.41) is 1.43. The Morgan fingerprint density at radius 3 is 2.35 bits per heavy atom. The Labute approximate surface area is 162 Å². The average Bonchev–Trinajstić information content (AvgIpc) is 2.86. The summed E-state index contributed by atoms with van der Waals surface area (Å²) in [5.41, 5.74) is 7.18. The van der Waals surface area contributed by atoms with Crippen molar-refractivity contribution in [3.63, 3.8) is 0 Å². The maximum Gasteiger partial charge on any atom is 0.261 e. The van der Waals surface area contributed by atoms with Crippen LogP contribution >= 0.6 is 23.2 Å². The molecule has 3 rings (SSSR count). The summed E-state index contributed by atoms with van der Waals surface area (Å²) in [5.74, 6) is 0. The van der Waals surface area contributed by atoms with Gasteiger partial charge in [-0.05, 0) is 56.3 Å². The first-order chi connectivity index (χ1) is 12.0. The van der Waals surface area contributed by atoms with E-state index in [4.69, 9.17) is 28.9 Å². The summed E-state index contributed by atoms with van der Waals surface area (Å²) < 4.78 is 29.8. The molecule has 0 unspecified atom stereocenters. The van der Waals surface area contributed by atoms with Crippen LogP contribution in [0.5, 0.6) is 0 Å². The molecule has 0 saturated carbocycles. The Morgan fingerprint density at radius 1 is 1.08 bits per heavy atom. The van der Waals surface area contributed by atoms with Crippen LogP contribution in [0.4, 0.5) is 5.69 Å². The SMILES string of the molecule is CC(C)(N)Cn1ccc2cc(NS(=O)(=O)c3cc(Cl)cc(Cl)c3)ccc21. The fourth-order valence-corrected chi connectivity index (χ4v) is 4.51.